The number of ether oxygens (including phenoxy) is 1. The first-order chi connectivity index (χ1) is 12.0. The van der Waals surface area contributed by atoms with E-state index in [-0.39, 0.29) is 16.5 Å². The smallest absolute Gasteiger partial charge is 0.387 e. The Balaban J connectivity index is 1.70. The van der Waals surface area contributed by atoms with Gasteiger partial charge in [-0.05, 0) is 42.1 Å². The Morgan fingerprint density at radius 1 is 1.08 bits per heavy atom. The van der Waals surface area contributed by atoms with Gasteiger partial charge in [0.2, 0.25) is 0 Å². The molecule has 0 fully saturated rings. The highest BCUT2D eigenvalue weighted by Gasteiger charge is 2.17. The van der Waals surface area contributed by atoms with E-state index < -0.39 is 12.5 Å². The van der Waals surface area contributed by atoms with Gasteiger partial charge in [-0.25, -0.2) is 0 Å². The third-order valence-electron chi connectivity index (χ3n) is 3.08. The molecule has 1 heterocycles. The molecular weight excluding hydrogens is 418 g/mol. The second-order valence-corrected chi connectivity index (χ2v) is 6.70. The molecular formula is C16H15BrF2N2O3S. The summed E-state index contributed by atoms with van der Waals surface area (Å²) in [6, 6.07) is 8.26. The van der Waals surface area contributed by atoms with E-state index in [9.17, 15) is 18.4 Å². The number of thiophene rings is 1. The van der Waals surface area contributed by atoms with Gasteiger partial charge in [0.05, 0.1) is 0 Å². The molecule has 0 radical (unpaired) electrons. The summed E-state index contributed by atoms with van der Waals surface area (Å²) in [6.45, 7) is -2.30. The standard InChI is InChI=1S/C16H15BrF2N2O3S/c17-11-4-2-10(3-5-11)14(22)20-7-1-8-21-15(23)13-12(6-9-25-13)24-16(18)19/h2-6,9,16H,1,7-8H2,(H,20,22)(H,21,23). The number of alkyl halides is 2. The summed E-state index contributed by atoms with van der Waals surface area (Å²) in [4.78, 5) is 23.9. The third kappa shape index (κ3) is 6.09. The molecule has 9 heteroatoms. The van der Waals surface area contributed by atoms with Crippen LogP contribution in [-0.2, 0) is 0 Å². The number of rotatable bonds is 8. The van der Waals surface area contributed by atoms with Gasteiger partial charge in [0, 0.05) is 23.1 Å². The van der Waals surface area contributed by atoms with Crippen LogP contribution in [0.1, 0.15) is 26.5 Å². The Morgan fingerprint density at radius 2 is 1.72 bits per heavy atom. The molecule has 2 amide bonds. The van der Waals surface area contributed by atoms with Gasteiger partial charge in [0.1, 0.15) is 10.6 Å². The minimum atomic E-state index is -2.98. The lowest BCUT2D eigenvalue weighted by Gasteiger charge is -2.08. The van der Waals surface area contributed by atoms with Crippen molar-refractivity contribution in [3.05, 3.63) is 50.6 Å². The Bertz CT molecular complexity index is 722. The second kappa shape index (κ2) is 9.47. The van der Waals surface area contributed by atoms with Gasteiger partial charge >= 0.3 is 6.61 Å². The molecule has 0 spiro atoms. The van der Waals surface area contributed by atoms with Crippen LogP contribution in [0.15, 0.2) is 40.2 Å². The number of halogens is 3. The highest BCUT2D eigenvalue weighted by molar-refractivity contribution is 9.10. The van der Waals surface area contributed by atoms with Crippen LogP contribution < -0.4 is 15.4 Å². The van der Waals surface area contributed by atoms with Crippen molar-refractivity contribution in [2.75, 3.05) is 13.1 Å². The first kappa shape index (κ1) is 19.3. The lowest BCUT2D eigenvalue weighted by Crippen LogP contribution is -2.29. The van der Waals surface area contributed by atoms with Crippen molar-refractivity contribution in [1.29, 1.82) is 0 Å². The molecule has 2 rings (SSSR count). The molecule has 0 unspecified atom stereocenters. The van der Waals surface area contributed by atoms with Crippen LogP contribution in [0.3, 0.4) is 0 Å². The van der Waals surface area contributed by atoms with E-state index in [1.54, 1.807) is 24.3 Å². The van der Waals surface area contributed by atoms with Crippen LogP contribution in [0.25, 0.3) is 0 Å². The molecule has 0 aliphatic rings. The zero-order valence-electron chi connectivity index (χ0n) is 12.9. The molecule has 0 saturated heterocycles. The van der Waals surface area contributed by atoms with Crippen LogP contribution in [0, 0.1) is 0 Å². The quantitative estimate of drug-likeness (QED) is 0.625. The van der Waals surface area contributed by atoms with Crippen molar-refractivity contribution in [2.24, 2.45) is 0 Å². The largest absolute Gasteiger partial charge is 0.433 e. The normalized spacial score (nSPS) is 10.6. The molecule has 0 atom stereocenters. The fraction of sp³-hybridized carbons (Fsp3) is 0.250. The molecule has 0 bridgehead atoms. The summed E-state index contributed by atoms with van der Waals surface area (Å²) in [5.74, 6) is -0.823. The molecule has 25 heavy (non-hydrogen) atoms. The molecule has 1 aromatic heterocycles. The van der Waals surface area contributed by atoms with E-state index in [0.29, 0.717) is 25.1 Å². The maximum Gasteiger partial charge on any atom is 0.387 e. The zero-order valence-corrected chi connectivity index (χ0v) is 15.3. The fourth-order valence-corrected chi connectivity index (χ4v) is 2.93. The Kier molecular flexibility index (Phi) is 7.32. The number of benzene rings is 1. The molecule has 1 aromatic carbocycles. The number of hydrogen-bond donors (Lipinski definition) is 2. The van der Waals surface area contributed by atoms with Crippen molar-refractivity contribution < 1.29 is 23.1 Å². The minimum Gasteiger partial charge on any atom is -0.433 e. The average molecular weight is 433 g/mol. The molecule has 0 saturated carbocycles. The van der Waals surface area contributed by atoms with Gasteiger partial charge in [0.25, 0.3) is 11.8 Å². The van der Waals surface area contributed by atoms with Crippen molar-refractivity contribution in [2.45, 2.75) is 13.0 Å². The summed E-state index contributed by atoms with van der Waals surface area (Å²) in [5, 5.41) is 6.85. The highest BCUT2D eigenvalue weighted by Crippen LogP contribution is 2.26. The lowest BCUT2D eigenvalue weighted by molar-refractivity contribution is -0.0498. The lowest BCUT2D eigenvalue weighted by atomic mass is 10.2. The Morgan fingerprint density at radius 3 is 2.36 bits per heavy atom. The van der Waals surface area contributed by atoms with Gasteiger partial charge in [-0.3, -0.25) is 9.59 Å². The molecule has 2 aromatic rings. The van der Waals surface area contributed by atoms with Crippen LogP contribution in [0.4, 0.5) is 8.78 Å². The summed E-state index contributed by atoms with van der Waals surface area (Å²) in [5.41, 5.74) is 0.541. The van der Waals surface area contributed by atoms with Crippen LogP contribution >= 0.6 is 27.3 Å². The number of nitrogens with one attached hydrogen (secondary N) is 2. The first-order valence-electron chi connectivity index (χ1n) is 7.31. The monoisotopic (exact) mass is 432 g/mol. The minimum absolute atomic E-state index is 0.0965. The predicted molar refractivity (Wildman–Crippen MR) is 94.4 cm³/mol. The summed E-state index contributed by atoms with van der Waals surface area (Å²) >= 11 is 4.32. The predicted octanol–water partition coefficient (Wildman–Crippen LogP) is 3.66. The van der Waals surface area contributed by atoms with Crippen molar-refractivity contribution >= 4 is 39.1 Å². The maximum atomic E-state index is 12.2. The average Bonchev–Trinajstić information content (AvgIpc) is 3.02. The van der Waals surface area contributed by atoms with Gasteiger partial charge in [-0.1, -0.05) is 15.9 Å². The van der Waals surface area contributed by atoms with Crippen LogP contribution in [0.5, 0.6) is 5.75 Å². The van der Waals surface area contributed by atoms with E-state index in [0.717, 1.165) is 15.8 Å². The zero-order chi connectivity index (χ0) is 18.2. The topological polar surface area (TPSA) is 67.4 Å². The second-order valence-electron chi connectivity index (χ2n) is 4.86. The molecule has 2 N–H and O–H groups in total. The van der Waals surface area contributed by atoms with E-state index >= 15 is 0 Å². The number of amides is 2. The van der Waals surface area contributed by atoms with Crippen molar-refractivity contribution in [1.82, 2.24) is 10.6 Å². The Hall–Kier alpha value is -2.00. The van der Waals surface area contributed by atoms with Crippen molar-refractivity contribution in [3.63, 3.8) is 0 Å². The van der Waals surface area contributed by atoms with Crippen molar-refractivity contribution in [3.8, 4) is 5.75 Å². The summed E-state index contributed by atoms with van der Waals surface area (Å²) in [7, 11) is 0. The molecule has 0 aliphatic heterocycles. The summed E-state index contributed by atoms with van der Waals surface area (Å²) < 4.78 is 29.6. The maximum absolute atomic E-state index is 12.2. The molecule has 5 nitrogen and oxygen atoms in total. The van der Waals surface area contributed by atoms with Gasteiger partial charge in [-0.2, -0.15) is 8.78 Å². The third-order valence-corrected chi connectivity index (χ3v) is 4.51. The highest BCUT2D eigenvalue weighted by atomic mass is 79.9. The van der Waals surface area contributed by atoms with Crippen LogP contribution in [-0.4, -0.2) is 31.5 Å². The van der Waals surface area contributed by atoms with E-state index in [2.05, 4.69) is 31.3 Å². The SMILES string of the molecule is O=C(NCCCNC(=O)c1sccc1OC(F)F)c1ccc(Br)cc1. The number of carbonyl (C=O) groups is 2. The van der Waals surface area contributed by atoms with Gasteiger partial charge in [0.15, 0.2) is 0 Å². The molecule has 0 aliphatic carbocycles. The van der Waals surface area contributed by atoms with E-state index in [4.69, 9.17) is 0 Å². The summed E-state index contributed by atoms with van der Waals surface area (Å²) in [6.07, 6.45) is 0.504. The first-order valence-corrected chi connectivity index (χ1v) is 8.99. The fourth-order valence-electron chi connectivity index (χ4n) is 1.93. The number of hydrogen-bond acceptors (Lipinski definition) is 4. The van der Waals surface area contributed by atoms with Crippen LogP contribution in [0.2, 0.25) is 0 Å². The van der Waals surface area contributed by atoms with E-state index in [1.165, 1.54) is 11.4 Å². The van der Waals surface area contributed by atoms with Gasteiger partial charge in [-0.15, -0.1) is 11.3 Å². The molecule has 134 valence electrons. The van der Waals surface area contributed by atoms with Gasteiger partial charge < -0.3 is 15.4 Å². The number of carbonyl (C=O) groups excluding carboxylic acids is 2. The Labute approximate surface area is 155 Å². The van der Waals surface area contributed by atoms with E-state index in [1.807, 2.05) is 0 Å².